The summed E-state index contributed by atoms with van der Waals surface area (Å²) in [5.41, 5.74) is 4.23. The highest BCUT2D eigenvalue weighted by atomic mass is 35.5. The molecule has 1 aliphatic carbocycles. The van der Waals surface area contributed by atoms with E-state index in [0.717, 1.165) is 11.4 Å². The summed E-state index contributed by atoms with van der Waals surface area (Å²) in [7, 11) is 0. The first-order chi connectivity index (χ1) is 8.20. The van der Waals surface area contributed by atoms with Crippen molar-refractivity contribution in [3.05, 3.63) is 33.8 Å². The number of hydrogen-bond acceptors (Lipinski definition) is 0. The minimum absolute atomic E-state index is 0.388. The predicted molar refractivity (Wildman–Crippen MR) is 74.4 cm³/mol. The third kappa shape index (κ3) is 3.05. The number of benzene rings is 1. The van der Waals surface area contributed by atoms with Gasteiger partial charge in [0.15, 0.2) is 0 Å². The Bertz CT molecular complexity index is 462. The number of fused-ring (bicyclic) bond motifs is 1. The molecule has 1 unspecified atom stereocenters. The minimum Gasteiger partial charge on any atom is -0.106 e. The summed E-state index contributed by atoms with van der Waals surface area (Å²) in [6, 6.07) is 4.49. The van der Waals surface area contributed by atoms with Gasteiger partial charge in [-0.25, -0.2) is 0 Å². The van der Waals surface area contributed by atoms with Gasteiger partial charge in [0.1, 0.15) is 0 Å². The molecule has 0 aromatic heterocycles. The van der Waals surface area contributed by atoms with Crippen LogP contribution in [0.1, 0.15) is 43.4 Å². The van der Waals surface area contributed by atoms with Gasteiger partial charge in [-0.2, -0.15) is 0 Å². The Morgan fingerprint density at radius 1 is 1.24 bits per heavy atom. The molecule has 1 aromatic rings. The van der Waals surface area contributed by atoms with Crippen molar-refractivity contribution >= 4 is 11.6 Å². The van der Waals surface area contributed by atoms with Gasteiger partial charge in [-0.05, 0) is 61.8 Å². The molecule has 0 N–H and O–H groups in total. The van der Waals surface area contributed by atoms with Crippen LogP contribution in [0, 0.1) is 17.8 Å². The van der Waals surface area contributed by atoms with Crippen LogP contribution in [0.5, 0.6) is 0 Å². The Balaban J connectivity index is 2.24. The summed E-state index contributed by atoms with van der Waals surface area (Å²) in [6.07, 6.45) is 6.00. The molecule has 0 heterocycles. The van der Waals surface area contributed by atoms with Gasteiger partial charge in [-0.1, -0.05) is 24.6 Å². The molecule has 0 spiro atoms. The average Bonchev–Trinajstić information content (AvgIpc) is 2.30. The van der Waals surface area contributed by atoms with Crippen LogP contribution in [0.2, 0.25) is 5.02 Å². The lowest BCUT2D eigenvalue weighted by atomic mass is 9.88. The van der Waals surface area contributed by atoms with E-state index < -0.39 is 0 Å². The second-order valence-electron chi connectivity index (χ2n) is 4.92. The van der Waals surface area contributed by atoms with Crippen molar-refractivity contribution < 1.29 is 0 Å². The van der Waals surface area contributed by atoms with Gasteiger partial charge < -0.3 is 0 Å². The topological polar surface area (TPSA) is 0 Å². The summed E-state index contributed by atoms with van der Waals surface area (Å²) in [6.45, 7) is 4.05. The summed E-state index contributed by atoms with van der Waals surface area (Å²) in [4.78, 5) is 0. The summed E-state index contributed by atoms with van der Waals surface area (Å²) < 4.78 is 0. The number of aryl methyl sites for hydroxylation is 2. The van der Waals surface area contributed by atoms with E-state index in [1.54, 1.807) is 0 Å². The fourth-order valence-electron chi connectivity index (χ4n) is 2.59. The van der Waals surface area contributed by atoms with E-state index in [0.29, 0.717) is 5.92 Å². The maximum atomic E-state index is 6.36. The van der Waals surface area contributed by atoms with Crippen LogP contribution in [0.3, 0.4) is 0 Å². The highest BCUT2D eigenvalue weighted by molar-refractivity contribution is 6.31. The van der Waals surface area contributed by atoms with Crippen LogP contribution in [-0.4, -0.2) is 0 Å². The maximum Gasteiger partial charge on any atom is 0.0441 e. The summed E-state index contributed by atoms with van der Waals surface area (Å²) in [5, 5.41) is 0.926. The first kappa shape index (κ1) is 12.5. The molecule has 1 aliphatic rings. The molecule has 0 radical (unpaired) electrons. The molecule has 0 nitrogen and oxygen atoms in total. The molecule has 17 heavy (non-hydrogen) atoms. The van der Waals surface area contributed by atoms with E-state index >= 15 is 0 Å². The predicted octanol–water partition coefficient (Wildman–Crippen LogP) is 4.42. The second kappa shape index (κ2) is 5.61. The third-order valence-electron chi connectivity index (χ3n) is 3.43. The molecule has 0 saturated carbocycles. The van der Waals surface area contributed by atoms with Gasteiger partial charge in [0.2, 0.25) is 0 Å². The molecule has 0 bridgehead atoms. The van der Waals surface area contributed by atoms with Crippen LogP contribution in [0.15, 0.2) is 12.1 Å². The van der Waals surface area contributed by atoms with Gasteiger partial charge in [0.05, 0.1) is 0 Å². The number of hydrogen-bond donors (Lipinski definition) is 0. The standard InChI is InChI=1S/C16H19Cl/c1-3-6-12(2)9-15-10-13-7-4-5-8-14(13)11-16(15)17/h10-12H,4-5,7-9H2,1-2H3. The first-order valence-corrected chi connectivity index (χ1v) is 6.81. The smallest absolute Gasteiger partial charge is 0.0441 e. The van der Waals surface area contributed by atoms with Gasteiger partial charge in [-0.3, -0.25) is 0 Å². The zero-order valence-corrected chi connectivity index (χ0v) is 11.4. The van der Waals surface area contributed by atoms with E-state index in [4.69, 9.17) is 11.6 Å². The first-order valence-electron chi connectivity index (χ1n) is 6.43. The van der Waals surface area contributed by atoms with E-state index in [2.05, 4.69) is 30.9 Å². The highest BCUT2D eigenvalue weighted by Gasteiger charge is 2.13. The van der Waals surface area contributed by atoms with Gasteiger partial charge >= 0.3 is 0 Å². The van der Waals surface area contributed by atoms with E-state index in [1.807, 2.05) is 6.92 Å². The van der Waals surface area contributed by atoms with E-state index in [1.165, 1.54) is 42.4 Å². The molecule has 1 atom stereocenters. The zero-order valence-electron chi connectivity index (χ0n) is 10.6. The largest absolute Gasteiger partial charge is 0.106 e. The van der Waals surface area contributed by atoms with E-state index in [9.17, 15) is 0 Å². The van der Waals surface area contributed by atoms with Crippen molar-refractivity contribution in [1.82, 2.24) is 0 Å². The van der Waals surface area contributed by atoms with Gasteiger partial charge in [0.25, 0.3) is 0 Å². The maximum absolute atomic E-state index is 6.36. The molecular weight excluding hydrogens is 228 g/mol. The van der Waals surface area contributed by atoms with Crippen molar-refractivity contribution in [2.75, 3.05) is 0 Å². The van der Waals surface area contributed by atoms with Crippen molar-refractivity contribution in [1.29, 1.82) is 0 Å². The molecule has 90 valence electrons. The van der Waals surface area contributed by atoms with Crippen LogP contribution >= 0.6 is 11.6 Å². The second-order valence-corrected chi connectivity index (χ2v) is 5.33. The Morgan fingerprint density at radius 3 is 2.53 bits per heavy atom. The lowest BCUT2D eigenvalue weighted by Gasteiger charge is -2.18. The molecule has 0 fully saturated rings. The zero-order chi connectivity index (χ0) is 12.3. The molecule has 1 heteroatoms. The lowest BCUT2D eigenvalue weighted by molar-refractivity contribution is 0.680. The third-order valence-corrected chi connectivity index (χ3v) is 3.78. The Morgan fingerprint density at radius 2 is 1.88 bits per heavy atom. The quantitative estimate of drug-likeness (QED) is 0.678. The highest BCUT2D eigenvalue weighted by Crippen LogP contribution is 2.28. The van der Waals surface area contributed by atoms with Crippen LogP contribution in [0.25, 0.3) is 0 Å². The van der Waals surface area contributed by atoms with Crippen molar-refractivity contribution in [3.63, 3.8) is 0 Å². The Hall–Kier alpha value is -0.930. The fraction of sp³-hybridized carbons (Fsp3) is 0.500. The molecular formula is C16H19Cl. The fourth-order valence-corrected chi connectivity index (χ4v) is 2.85. The Labute approximate surface area is 109 Å². The van der Waals surface area contributed by atoms with Gasteiger partial charge in [-0.15, -0.1) is 11.8 Å². The van der Waals surface area contributed by atoms with Crippen LogP contribution < -0.4 is 0 Å². The average molecular weight is 247 g/mol. The van der Waals surface area contributed by atoms with Crippen molar-refractivity contribution in [2.45, 2.75) is 46.0 Å². The van der Waals surface area contributed by atoms with Crippen LogP contribution in [-0.2, 0) is 19.3 Å². The van der Waals surface area contributed by atoms with E-state index in [-0.39, 0.29) is 0 Å². The van der Waals surface area contributed by atoms with Crippen LogP contribution in [0.4, 0.5) is 0 Å². The van der Waals surface area contributed by atoms with Crippen molar-refractivity contribution in [2.24, 2.45) is 5.92 Å². The molecule has 1 aromatic carbocycles. The minimum atomic E-state index is 0.388. The number of rotatable bonds is 2. The van der Waals surface area contributed by atoms with Gasteiger partial charge in [0, 0.05) is 10.9 Å². The normalized spacial score (nSPS) is 15.7. The molecule has 0 saturated heterocycles. The molecule has 0 amide bonds. The summed E-state index contributed by atoms with van der Waals surface area (Å²) >= 11 is 6.36. The monoisotopic (exact) mass is 246 g/mol. The van der Waals surface area contributed by atoms with Crippen molar-refractivity contribution in [3.8, 4) is 11.8 Å². The molecule has 2 rings (SSSR count). The lowest BCUT2D eigenvalue weighted by Crippen LogP contribution is -2.05. The Kier molecular flexibility index (Phi) is 4.13. The number of halogens is 1. The molecule has 0 aliphatic heterocycles. The summed E-state index contributed by atoms with van der Waals surface area (Å²) in [5.74, 6) is 6.56. The SMILES string of the molecule is CC#CC(C)Cc1cc2c(cc1Cl)CCCC2.